The second kappa shape index (κ2) is 13.1. The molecule has 1 aliphatic rings. The molecule has 0 amide bonds. The molecule has 198 valence electrons. The number of alkyl halides is 1. The Kier molecular flexibility index (Phi) is 9.93. The number of aromatic nitrogens is 1. The van der Waals surface area contributed by atoms with Crippen molar-refractivity contribution in [1.82, 2.24) is 9.88 Å². The fourth-order valence-electron chi connectivity index (χ4n) is 5.04. The average molecular weight is 566 g/mol. The van der Waals surface area contributed by atoms with Gasteiger partial charge < -0.3 is 14.7 Å². The van der Waals surface area contributed by atoms with E-state index in [1.165, 1.54) is 0 Å². The van der Waals surface area contributed by atoms with Crippen molar-refractivity contribution < 1.29 is 19.0 Å². The first-order valence-corrected chi connectivity index (χ1v) is 14.2. The molecule has 0 radical (unpaired) electrons. The van der Waals surface area contributed by atoms with E-state index in [4.69, 9.17) is 27.9 Å². The second-order valence-corrected chi connectivity index (χ2v) is 11.3. The highest BCUT2D eigenvalue weighted by Crippen LogP contribution is 2.36. The van der Waals surface area contributed by atoms with Crippen molar-refractivity contribution in [3.63, 3.8) is 0 Å². The maximum Gasteiger partial charge on any atom is 0.308 e. The zero-order chi connectivity index (χ0) is 26.4. The molecule has 9 heteroatoms. The number of ether oxygens (including phenoxy) is 1. The van der Waals surface area contributed by atoms with Crippen LogP contribution in [0.25, 0.3) is 10.9 Å². The van der Waals surface area contributed by atoms with Gasteiger partial charge in [0, 0.05) is 23.0 Å². The topological polar surface area (TPSA) is 62.7 Å². The van der Waals surface area contributed by atoms with E-state index in [1.54, 1.807) is 37.2 Å². The SMILES string of the molecule is COc1ccc2nccc(C(F)CC[C@@H]3CCN(CCCSc4c(Cl)cccc4Cl)C[C@@H]3C(=O)O)c2c1. The van der Waals surface area contributed by atoms with E-state index in [-0.39, 0.29) is 12.3 Å². The summed E-state index contributed by atoms with van der Waals surface area (Å²) in [6, 6.07) is 12.6. The van der Waals surface area contributed by atoms with Gasteiger partial charge in [-0.3, -0.25) is 9.78 Å². The summed E-state index contributed by atoms with van der Waals surface area (Å²) in [7, 11) is 1.58. The Labute approximate surface area is 231 Å². The van der Waals surface area contributed by atoms with Crippen LogP contribution in [0.4, 0.5) is 4.39 Å². The minimum absolute atomic E-state index is 0.0501. The molecule has 3 aromatic rings. The highest BCUT2D eigenvalue weighted by molar-refractivity contribution is 7.99. The van der Waals surface area contributed by atoms with Crippen LogP contribution >= 0.6 is 35.0 Å². The summed E-state index contributed by atoms with van der Waals surface area (Å²) in [6.45, 7) is 2.12. The number of carboxylic acid groups (broad SMARTS) is 1. The van der Waals surface area contributed by atoms with Gasteiger partial charge in [0.25, 0.3) is 0 Å². The molecule has 1 saturated heterocycles. The molecule has 5 nitrogen and oxygen atoms in total. The third-order valence-corrected chi connectivity index (χ3v) is 9.13. The lowest BCUT2D eigenvalue weighted by atomic mass is 9.81. The van der Waals surface area contributed by atoms with Crippen molar-refractivity contribution >= 4 is 51.8 Å². The smallest absolute Gasteiger partial charge is 0.308 e. The number of pyridine rings is 1. The van der Waals surface area contributed by atoms with E-state index in [1.807, 2.05) is 30.3 Å². The molecule has 2 aromatic carbocycles. The van der Waals surface area contributed by atoms with Crippen LogP contribution in [0.15, 0.2) is 53.6 Å². The molecular weight excluding hydrogens is 534 g/mol. The van der Waals surface area contributed by atoms with Gasteiger partial charge in [-0.25, -0.2) is 4.39 Å². The van der Waals surface area contributed by atoms with Gasteiger partial charge in [-0.2, -0.15) is 0 Å². The van der Waals surface area contributed by atoms with Crippen LogP contribution < -0.4 is 4.74 Å². The summed E-state index contributed by atoms with van der Waals surface area (Å²) in [5.41, 5.74) is 1.29. The number of halogens is 3. The van der Waals surface area contributed by atoms with Crippen LogP contribution in [0.5, 0.6) is 5.75 Å². The van der Waals surface area contributed by atoms with Gasteiger partial charge in [-0.15, -0.1) is 11.8 Å². The minimum Gasteiger partial charge on any atom is -0.497 e. The Bertz CT molecular complexity index is 1210. The van der Waals surface area contributed by atoms with Crippen molar-refractivity contribution in [2.45, 2.75) is 36.8 Å². The highest BCUT2D eigenvalue weighted by atomic mass is 35.5. The van der Waals surface area contributed by atoms with Gasteiger partial charge in [0.1, 0.15) is 11.9 Å². The number of fused-ring (bicyclic) bond motifs is 1. The summed E-state index contributed by atoms with van der Waals surface area (Å²) in [4.78, 5) is 19.5. The number of nitrogens with zero attached hydrogens (tertiary/aromatic N) is 2. The number of hydrogen-bond acceptors (Lipinski definition) is 5. The quantitative estimate of drug-likeness (QED) is 0.191. The Morgan fingerprint density at radius 3 is 2.78 bits per heavy atom. The summed E-state index contributed by atoms with van der Waals surface area (Å²) in [6.07, 6.45) is 2.87. The molecule has 4 rings (SSSR count). The van der Waals surface area contributed by atoms with Gasteiger partial charge in [0.2, 0.25) is 0 Å². The number of aliphatic carboxylic acids is 1. The van der Waals surface area contributed by atoms with Crippen LogP contribution in [-0.4, -0.2) is 53.5 Å². The Balaban J connectivity index is 1.30. The minimum atomic E-state index is -1.20. The molecule has 0 aliphatic carbocycles. The molecule has 0 saturated carbocycles. The lowest BCUT2D eigenvalue weighted by Crippen LogP contribution is -2.44. The number of hydrogen-bond donors (Lipinski definition) is 1. The molecule has 37 heavy (non-hydrogen) atoms. The molecule has 1 unspecified atom stereocenters. The third-order valence-electron chi connectivity index (χ3n) is 7.05. The van der Waals surface area contributed by atoms with Crippen LogP contribution in [0.2, 0.25) is 10.0 Å². The number of benzene rings is 2. The summed E-state index contributed by atoms with van der Waals surface area (Å²) in [5.74, 6) is 0.142. The van der Waals surface area contributed by atoms with Crippen molar-refractivity contribution in [1.29, 1.82) is 0 Å². The van der Waals surface area contributed by atoms with Crippen molar-refractivity contribution in [2.24, 2.45) is 11.8 Å². The molecule has 2 heterocycles. The van der Waals surface area contributed by atoms with Crippen LogP contribution in [-0.2, 0) is 4.79 Å². The van der Waals surface area contributed by atoms with Gasteiger partial charge in [-0.1, -0.05) is 29.3 Å². The van der Waals surface area contributed by atoms with E-state index in [0.29, 0.717) is 39.8 Å². The van der Waals surface area contributed by atoms with Gasteiger partial charge in [-0.05, 0) is 92.4 Å². The largest absolute Gasteiger partial charge is 0.497 e. The predicted molar refractivity (Wildman–Crippen MR) is 149 cm³/mol. The first kappa shape index (κ1) is 28.0. The number of piperidine rings is 1. The van der Waals surface area contributed by atoms with E-state index >= 15 is 4.39 Å². The van der Waals surface area contributed by atoms with Crippen LogP contribution in [0, 0.1) is 11.8 Å². The fourth-order valence-corrected chi connectivity index (χ4v) is 6.66. The number of carboxylic acids is 1. The Morgan fingerprint density at radius 2 is 2.05 bits per heavy atom. The van der Waals surface area contributed by atoms with Crippen molar-refractivity contribution in [3.05, 3.63) is 64.3 Å². The number of methoxy groups -OCH3 is 1. The summed E-state index contributed by atoms with van der Waals surface area (Å²) >= 11 is 14.1. The fraction of sp³-hybridized carbons (Fsp3) is 0.429. The van der Waals surface area contributed by atoms with Gasteiger partial charge in [0.05, 0.1) is 28.6 Å². The second-order valence-electron chi connectivity index (χ2n) is 9.38. The van der Waals surface area contributed by atoms with E-state index < -0.39 is 18.1 Å². The van der Waals surface area contributed by atoms with Crippen LogP contribution in [0.1, 0.15) is 37.4 Å². The first-order chi connectivity index (χ1) is 17.9. The molecule has 1 N–H and O–H groups in total. The molecule has 1 fully saturated rings. The summed E-state index contributed by atoms with van der Waals surface area (Å²) < 4.78 is 20.7. The third kappa shape index (κ3) is 7.08. The van der Waals surface area contributed by atoms with Crippen LogP contribution in [0.3, 0.4) is 0 Å². The Hall–Kier alpha value is -2.06. The molecule has 3 atom stereocenters. The van der Waals surface area contributed by atoms with E-state index in [2.05, 4.69) is 9.88 Å². The molecule has 0 bridgehead atoms. The molecule has 1 aromatic heterocycles. The molecule has 0 spiro atoms. The van der Waals surface area contributed by atoms with Gasteiger partial charge >= 0.3 is 5.97 Å². The molecular formula is C28H31Cl2FN2O3S. The monoisotopic (exact) mass is 564 g/mol. The highest BCUT2D eigenvalue weighted by Gasteiger charge is 2.34. The number of rotatable bonds is 11. The first-order valence-electron chi connectivity index (χ1n) is 12.5. The van der Waals surface area contributed by atoms with Crippen molar-refractivity contribution in [3.8, 4) is 5.75 Å². The lowest BCUT2D eigenvalue weighted by molar-refractivity contribution is -0.146. The van der Waals surface area contributed by atoms with Gasteiger partial charge in [0.15, 0.2) is 0 Å². The lowest BCUT2D eigenvalue weighted by Gasteiger charge is -2.36. The molecule has 1 aliphatic heterocycles. The zero-order valence-corrected chi connectivity index (χ0v) is 23.0. The standard InChI is InChI=1S/C28H31Cl2FN2O3S/c1-36-19-7-9-26-21(16-19)20(10-12-32-26)25(31)8-6-18-11-14-33(17-22(18)28(34)35)13-3-15-37-27-23(29)4-2-5-24(27)30/h2,4-5,7,9-10,12,16,18,22,25H,3,6,8,11,13-15,17H2,1H3,(H,34,35)/t18-,22+,25?/m1/s1. The maximum absolute atomic E-state index is 15.4. The van der Waals surface area contributed by atoms with E-state index in [0.717, 1.165) is 42.0 Å². The predicted octanol–water partition coefficient (Wildman–Crippen LogP) is 7.55. The Morgan fingerprint density at radius 1 is 1.27 bits per heavy atom. The number of thioether (sulfide) groups is 1. The van der Waals surface area contributed by atoms with Crippen molar-refractivity contribution in [2.75, 3.05) is 32.5 Å². The maximum atomic E-state index is 15.4. The van der Waals surface area contributed by atoms with E-state index in [9.17, 15) is 9.90 Å². The average Bonchev–Trinajstić information content (AvgIpc) is 2.90. The number of carbonyl (C=O) groups is 1. The normalized spacial score (nSPS) is 19.1. The zero-order valence-electron chi connectivity index (χ0n) is 20.7. The number of likely N-dealkylation sites (tertiary alicyclic amines) is 1. The summed E-state index contributed by atoms with van der Waals surface area (Å²) in [5, 5.41) is 11.9.